The van der Waals surface area contributed by atoms with Crippen molar-refractivity contribution in [2.24, 2.45) is 0 Å². The maximum atomic E-state index is 10.5. The summed E-state index contributed by atoms with van der Waals surface area (Å²) in [5.74, 6) is -0.229. The van der Waals surface area contributed by atoms with Gasteiger partial charge in [-0.15, -0.1) is 11.3 Å². The molecule has 3 nitrogen and oxygen atoms in total. The number of carboxylic acids is 1. The molecule has 5 heteroatoms. The first kappa shape index (κ1) is 11.9. The number of rotatable bonds is 4. The minimum Gasteiger partial charge on any atom is -0.481 e. The molecule has 0 aliphatic heterocycles. The highest BCUT2D eigenvalue weighted by Gasteiger charge is 2.22. The van der Waals surface area contributed by atoms with Crippen LogP contribution in [0.3, 0.4) is 0 Å². The van der Waals surface area contributed by atoms with Crippen molar-refractivity contribution in [3.05, 3.63) is 15.0 Å². The van der Waals surface area contributed by atoms with Gasteiger partial charge in [-0.3, -0.25) is 4.79 Å². The van der Waals surface area contributed by atoms with E-state index in [0.29, 0.717) is 17.5 Å². The van der Waals surface area contributed by atoms with Crippen LogP contribution >= 0.6 is 22.9 Å². The van der Waals surface area contributed by atoms with Gasteiger partial charge in [0.1, 0.15) is 5.15 Å². The Balaban J connectivity index is 2.05. The first-order valence-electron chi connectivity index (χ1n) is 5.53. The topological polar surface area (TPSA) is 50.2 Å². The number of carbonyl (C=O) groups is 1. The Morgan fingerprint density at radius 3 is 2.81 bits per heavy atom. The second-order valence-electron chi connectivity index (χ2n) is 4.14. The van der Waals surface area contributed by atoms with E-state index >= 15 is 0 Å². The summed E-state index contributed by atoms with van der Waals surface area (Å²) in [4.78, 5) is 15.8. The second kappa shape index (κ2) is 5.15. The molecule has 0 unspecified atom stereocenters. The van der Waals surface area contributed by atoms with Crippen molar-refractivity contribution in [3.8, 4) is 0 Å². The van der Waals surface area contributed by atoms with Gasteiger partial charge in [-0.1, -0.05) is 24.4 Å². The molecule has 1 aromatic heterocycles. The van der Waals surface area contributed by atoms with Gasteiger partial charge < -0.3 is 5.11 Å². The molecule has 0 aromatic carbocycles. The highest BCUT2D eigenvalue weighted by Crippen LogP contribution is 2.38. The predicted molar refractivity (Wildman–Crippen MR) is 64.3 cm³/mol. The molecule has 1 aromatic rings. The van der Waals surface area contributed by atoms with E-state index in [0.717, 1.165) is 9.88 Å². The van der Waals surface area contributed by atoms with Crippen LogP contribution < -0.4 is 0 Å². The molecule has 0 bridgehead atoms. The molecule has 0 atom stereocenters. The van der Waals surface area contributed by atoms with Crippen LogP contribution in [0.5, 0.6) is 0 Å². The van der Waals surface area contributed by atoms with Gasteiger partial charge in [-0.05, 0) is 19.3 Å². The zero-order valence-corrected chi connectivity index (χ0v) is 10.5. The molecular weight excluding hydrogens is 246 g/mol. The number of halogens is 1. The van der Waals surface area contributed by atoms with E-state index in [4.69, 9.17) is 16.7 Å². The van der Waals surface area contributed by atoms with Gasteiger partial charge in [0.05, 0.1) is 11.4 Å². The van der Waals surface area contributed by atoms with E-state index in [1.165, 1.54) is 25.7 Å². The van der Waals surface area contributed by atoms with E-state index in [9.17, 15) is 4.79 Å². The third-order valence-electron chi connectivity index (χ3n) is 2.94. The van der Waals surface area contributed by atoms with Crippen molar-refractivity contribution < 1.29 is 9.90 Å². The molecule has 88 valence electrons. The fourth-order valence-electron chi connectivity index (χ4n) is 2.07. The van der Waals surface area contributed by atoms with Crippen LogP contribution in [-0.4, -0.2) is 16.1 Å². The van der Waals surface area contributed by atoms with Crippen molar-refractivity contribution in [1.29, 1.82) is 0 Å². The van der Waals surface area contributed by atoms with Gasteiger partial charge in [0.2, 0.25) is 0 Å². The van der Waals surface area contributed by atoms with Gasteiger partial charge in [0.25, 0.3) is 0 Å². The standard InChI is InChI=1S/C11H14ClNO2S/c12-10-8(5-6-9(14)15)16-11(13-10)7-3-1-2-4-7/h7H,1-6H2,(H,14,15). The molecule has 1 N–H and O–H groups in total. The van der Waals surface area contributed by atoms with Crippen molar-refractivity contribution in [2.45, 2.75) is 44.4 Å². The zero-order valence-electron chi connectivity index (χ0n) is 8.91. The van der Waals surface area contributed by atoms with E-state index in [1.54, 1.807) is 11.3 Å². The number of hydrogen-bond donors (Lipinski definition) is 1. The van der Waals surface area contributed by atoms with Crippen LogP contribution in [0.2, 0.25) is 5.15 Å². The number of nitrogens with zero attached hydrogens (tertiary/aromatic N) is 1. The highest BCUT2D eigenvalue weighted by molar-refractivity contribution is 7.12. The predicted octanol–water partition coefficient (Wildman–Crippen LogP) is 3.47. The Kier molecular flexibility index (Phi) is 3.82. The largest absolute Gasteiger partial charge is 0.481 e. The third kappa shape index (κ3) is 2.74. The fourth-order valence-corrected chi connectivity index (χ4v) is 3.55. The molecule has 0 radical (unpaired) electrons. The molecule has 1 aliphatic rings. The maximum absolute atomic E-state index is 10.5. The monoisotopic (exact) mass is 259 g/mol. The highest BCUT2D eigenvalue weighted by atomic mass is 35.5. The lowest BCUT2D eigenvalue weighted by Crippen LogP contribution is -1.96. The number of aliphatic carboxylic acids is 1. The van der Waals surface area contributed by atoms with Crippen LogP contribution in [0.4, 0.5) is 0 Å². The van der Waals surface area contributed by atoms with Crippen molar-refractivity contribution in [1.82, 2.24) is 4.98 Å². The summed E-state index contributed by atoms with van der Waals surface area (Å²) >= 11 is 7.61. The molecule has 1 saturated carbocycles. The summed E-state index contributed by atoms with van der Waals surface area (Å²) in [5.41, 5.74) is 0. The molecule has 1 aliphatic carbocycles. The maximum Gasteiger partial charge on any atom is 0.303 e. The second-order valence-corrected chi connectivity index (χ2v) is 5.61. The van der Waals surface area contributed by atoms with E-state index in [1.807, 2.05) is 0 Å². The Morgan fingerprint density at radius 2 is 2.19 bits per heavy atom. The van der Waals surface area contributed by atoms with Crippen LogP contribution in [-0.2, 0) is 11.2 Å². The summed E-state index contributed by atoms with van der Waals surface area (Å²) < 4.78 is 0. The quantitative estimate of drug-likeness (QED) is 0.901. The Labute approximate surface area is 103 Å². The smallest absolute Gasteiger partial charge is 0.303 e. The number of carboxylic acid groups (broad SMARTS) is 1. The van der Waals surface area contributed by atoms with Gasteiger partial charge in [0.15, 0.2) is 0 Å². The van der Waals surface area contributed by atoms with Crippen LogP contribution in [0, 0.1) is 0 Å². The minimum atomic E-state index is -0.785. The Hall–Kier alpha value is -0.610. The van der Waals surface area contributed by atoms with Crippen LogP contribution in [0.1, 0.15) is 47.9 Å². The fraction of sp³-hybridized carbons (Fsp3) is 0.636. The van der Waals surface area contributed by atoms with Gasteiger partial charge >= 0.3 is 5.97 Å². The van der Waals surface area contributed by atoms with Crippen LogP contribution in [0.15, 0.2) is 0 Å². The van der Waals surface area contributed by atoms with Gasteiger partial charge in [-0.2, -0.15) is 0 Å². The first-order valence-corrected chi connectivity index (χ1v) is 6.73. The molecule has 1 fully saturated rings. The zero-order chi connectivity index (χ0) is 11.5. The van der Waals surface area contributed by atoms with Crippen molar-refractivity contribution >= 4 is 28.9 Å². The molecule has 1 heterocycles. The lowest BCUT2D eigenvalue weighted by Gasteiger charge is -2.01. The number of hydrogen-bond acceptors (Lipinski definition) is 3. The molecule has 16 heavy (non-hydrogen) atoms. The summed E-state index contributed by atoms with van der Waals surface area (Å²) in [5, 5.41) is 10.2. The summed E-state index contributed by atoms with van der Waals surface area (Å²) in [7, 11) is 0. The molecule has 0 spiro atoms. The van der Waals surface area contributed by atoms with Crippen LogP contribution in [0.25, 0.3) is 0 Å². The van der Waals surface area contributed by atoms with Gasteiger partial charge in [-0.25, -0.2) is 4.98 Å². The normalized spacial score (nSPS) is 16.8. The van der Waals surface area contributed by atoms with Crippen molar-refractivity contribution in [3.63, 3.8) is 0 Å². The summed E-state index contributed by atoms with van der Waals surface area (Å²) in [6.07, 6.45) is 5.56. The lowest BCUT2D eigenvalue weighted by molar-refractivity contribution is -0.136. The van der Waals surface area contributed by atoms with Gasteiger partial charge in [0, 0.05) is 10.8 Å². The van der Waals surface area contributed by atoms with E-state index in [2.05, 4.69) is 4.98 Å². The minimum absolute atomic E-state index is 0.131. The Morgan fingerprint density at radius 1 is 1.50 bits per heavy atom. The average Bonchev–Trinajstić information content (AvgIpc) is 2.83. The summed E-state index contributed by atoms with van der Waals surface area (Å²) in [6, 6.07) is 0. The lowest BCUT2D eigenvalue weighted by atomic mass is 10.1. The Bertz CT molecular complexity index is 385. The number of aryl methyl sites for hydroxylation is 1. The SMILES string of the molecule is O=C(O)CCc1sc(C2CCCC2)nc1Cl. The molecule has 0 saturated heterocycles. The summed E-state index contributed by atoms with van der Waals surface area (Å²) in [6.45, 7) is 0. The third-order valence-corrected chi connectivity index (χ3v) is 4.64. The van der Waals surface area contributed by atoms with E-state index < -0.39 is 5.97 Å². The van der Waals surface area contributed by atoms with Crippen molar-refractivity contribution in [2.75, 3.05) is 0 Å². The number of thiazole rings is 1. The molecule has 2 rings (SSSR count). The number of aromatic nitrogens is 1. The average molecular weight is 260 g/mol. The van der Waals surface area contributed by atoms with E-state index in [-0.39, 0.29) is 6.42 Å². The molecule has 0 amide bonds. The first-order chi connectivity index (χ1) is 7.66. The molecular formula is C11H14ClNO2S.